The Morgan fingerprint density at radius 3 is 2.94 bits per heavy atom. The molecule has 2 atom stereocenters. The summed E-state index contributed by atoms with van der Waals surface area (Å²) in [7, 11) is 2.14. The number of imidazole rings is 1. The van der Waals surface area contributed by atoms with E-state index in [0.29, 0.717) is 5.92 Å². The van der Waals surface area contributed by atoms with E-state index in [2.05, 4.69) is 46.5 Å². The Morgan fingerprint density at radius 1 is 1.33 bits per heavy atom. The minimum atomic E-state index is 0.267. The molecule has 2 N–H and O–H groups in total. The van der Waals surface area contributed by atoms with E-state index in [1.165, 1.54) is 11.4 Å². The van der Waals surface area contributed by atoms with E-state index >= 15 is 0 Å². The van der Waals surface area contributed by atoms with Gasteiger partial charge in [-0.1, -0.05) is 6.07 Å². The Bertz CT molecular complexity index is 550. The van der Waals surface area contributed by atoms with Crippen LogP contribution in [-0.2, 0) is 0 Å². The van der Waals surface area contributed by atoms with Crippen molar-refractivity contribution in [2.24, 2.45) is 5.73 Å². The third-order valence-corrected chi connectivity index (χ3v) is 3.84. The molecule has 18 heavy (non-hydrogen) atoms. The lowest BCUT2D eigenvalue weighted by Gasteiger charge is -2.33. The summed E-state index contributed by atoms with van der Waals surface area (Å²) in [5.41, 5.74) is 9.70. The fourth-order valence-electron chi connectivity index (χ4n) is 3.10. The first kappa shape index (κ1) is 11.7. The summed E-state index contributed by atoms with van der Waals surface area (Å²) in [5, 5.41) is 0. The molecule has 0 aliphatic carbocycles. The lowest BCUT2D eigenvalue weighted by atomic mass is 9.92. The summed E-state index contributed by atoms with van der Waals surface area (Å²) in [6, 6.07) is 6.51. The number of nitrogens with zero attached hydrogens (tertiary/aromatic N) is 3. The van der Waals surface area contributed by atoms with Crippen molar-refractivity contribution in [3.8, 4) is 0 Å². The fraction of sp³-hybridized carbons (Fsp3) is 0.500. The molecule has 1 fully saturated rings. The molecule has 4 heteroatoms. The molecule has 1 aliphatic rings. The van der Waals surface area contributed by atoms with Crippen molar-refractivity contribution in [1.82, 2.24) is 14.3 Å². The van der Waals surface area contributed by atoms with Gasteiger partial charge < -0.3 is 15.0 Å². The van der Waals surface area contributed by atoms with E-state index in [-0.39, 0.29) is 6.04 Å². The molecule has 4 nitrogen and oxygen atoms in total. The molecular formula is C14H20N4. The topological polar surface area (TPSA) is 46.6 Å². The van der Waals surface area contributed by atoms with E-state index in [0.717, 1.165) is 25.2 Å². The number of hydrogen-bond donors (Lipinski definition) is 1. The molecule has 3 rings (SSSR count). The van der Waals surface area contributed by atoms with Gasteiger partial charge in [-0.3, -0.25) is 0 Å². The molecule has 1 aliphatic heterocycles. The fourth-order valence-corrected chi connectivity index (χ4v) is 3.10. The van der Waals surface area contributed by atoms with E-state index in [1.807, 2.05) is 6.20 Å². The molecule has 0 radical (unpaired) electrons. The van der Waals surface area contributed by atoms with Crippen LogP contribution in [0.25, 0.3) is 5.65 Å². The number of fused-ring (bicyclic) bond motifs is 1. The third kappa shape index (κ3) is 1.91. The Kier molecular flexibility index (Phi) is 2.84. The molecular weight excluding hydrogens is 224 g/mol. The zero-order chi connectivity index (χ0) is 12.7. The Balaban J connectivity index is 2.04. The van der Waals surface area contributed by atoms with Crippen molar-refractivity contribution in [2.75, 3.05) is 20.1 Å². The summed E-state index contributed by atoms with van der Waals surface area (Å²) in [6.45, 7) is 4.19. The van der Waals surface area contributed by atoms with Gasteiger partial charge in [0.1, 0.15) is 5.65 Å². The quantitative estimate of drug-likeness (QED) is 0.824. The first-order valence-electron chi connectivity index (χ1n) is 6.52. The third-order valence-electron chi connectivity index (χ3n) is 3.84. The van der Waals surface area contributed by atoms with Crippen LogP contribution < -0.4 is 5.73 Å². The number of likely N-dealkylation sites (tertiary alicyclic amines) is 1. The second-order valence-corrected chi connectivity index (χ2v) is 5.46. The Labute approximate surface area is 107 Å². The van der Waals surface area contributed by atoms with Gasteiger partial charge in [-0.15, -0.1) is 0 Å². The lowest BCUT2D eigenvalue weighted by Crippen LogP contribution is -2.44. The average Bonchev–Trinajstić information content (AvgIpc) is 2.73. The van der Waals surface area contributed by atoms with Crippen LogP contribution in [0.5, 0.6) is 0 Å². The normalized spacial score (nSPS) is 25.7. The van der Waals surface area contributed by atoms with E-state index in [9.17, 15) is 0 Å². The van der Waals surface area contributed by atoms with Crippen molar-refractivity contribution in [2.45, 2.75) is 25.3 Å². The Hall–Kier alpha value is -1.39. The van der Waals surface area contributed by atoms with E-state index in [1.54, 1.807) is 0 Å². The molecule has 0 amide bonds. The second kappa shape index (κ2) is 4.37. The van der Waals surface area contributed by atoms with E-state index in [4.69, 9.17) is 5.73 Å². The van der Waals surface area contributed by atoms with Gasteiger partial charge in [0, 0.05) is 42.6 Å². The highest BCUT2D eigenvalue weighted by Gasteiger charge is 2.26. The number of piperidine rings is 1. The SMILES string of the molecule is Cc1cccc2ncc(C3CC(N)CN(C)C3)n12. The molecule has 2 unspecified atom stereocenters. The van der Waals surface area contributed by atoms with Gasteiger partial charge in [0.05, 0.1) is 0 Å². The largest absolute Gasteiger partial charge is 0.327 e. The van der Waals surface area contributed by atoms with Crippen molar-refractivity contribution in [3.05, 3.63) is 35.8 Å². The van der Waals surface area contributed by atoms with Crippen LogP contribution in [0.1, 0.15) is 23.7 Å². The van der Waals surface area contributed by atoms with Crippen LogP contribution in [-0.4, -0.2) is 40.5 Å². The minimum Gasteiger partial charge on any atom is -0.327 e. The monoisotopic (exact) mass is 244 g/mol. The summed E-state index contributed by atoms with van der Waals surface area (Å²) in [6.07, 6.45) is 3.06. The lowest BCUT2D eigenvalue weighted by molar-refractivity contribution is 0.224. The first-order valence-corrected chi connectivity index (χ1v) is 6.52. The zero-order valence-corrected chi connectivity index (χ0v) is 11.0. The molecule has 0 saturated carbocycles. The summed E-state index contributed by atoms with van der Waals surface area (Å²) >= 11 is 0. The molecule has 0 aromatic carbocycles. The maximum Gasteiger partial charge on any atom is 0.137 e. The maximum atomic E-state index is 6.13. The van der Waals surface area contributed by atoms with Crippen molar-refractivity contribution >= 4 is 5.65 Å². The van der Waals surface area contributed by atoms with Gasteiger partial charge in [-0.05, 0) is 32.5 Å². The molecule has 0 spiro atoms. The van der Waals surface area contributed by atoms with Gasteiger partial charge >= 0.3 is 0 Å². The van der Waals surface area contributed by atoms with Crippen LogP contribution in [0.2, 0.25) is 0 Å². The molecule has 2 aromatic rings. The maximum absolute atomic E-state index is 6.13. The molecule has 1 saturated heterocycles. The van der Waals surface area contributed by atoms with Gasteiger partial charge in [0.2, 0.25) is 0 Å². The number of nitrogens with two attached hydrogens (primary N) is 1. The predicted octanol–water partition coefficient (Wildman–Crippen LogP) is 1.39. The summed E-state index contributed by atoms with van der Waals surface area (Å²) in [5.74, 6) is 0.481. The highest BCUT2D eigenvalue weighted by atomic mass is 15.1. The highest BCUT2D eigenvalue weighted by Crippen LogP contribution is 2.27. The number of rotatable bonds is 1. The van der Waals surface area contributed by atoms with Crippen LogP contribution in [0.4, 0.5) is 0 Å². The van der Waals surface area contributed by atoms with E-state index < -0.39 is 0 Å². The van der Waals surface area contributed by atoms with Crippen molar-refractivity contribution < 1.29 is 0 Å². The van der Waals surface area contributed by atoms with Crippen LogP contribution >= 0.6 is 0 Å². The van der Waals surface area contributed by atoms with Crippen LogP contribution in [0.15, 0.2) is 24.4 Å². The minimum absolute atomic E-state index is 0.267. The number of likely N-dealkylation sites (N-methyl/N-ethyl adjacent to an activating group) is 1. The molecule has 3 heterocycles. The molecule has 96 valence electrons. The first-order chi connectivity index (χ1) is 8.65. The van der Waals surface area contributed by atoms with Crippen LogP contribution in [0.3, 0.4) is 0 Å². The summed E-state index contributed by atoms with van der Waals surface area (Å²) in [4.78, 5) is 6.82. The highest BCUT2D eigenvalue weighted by molar-refractivity contribution is 5.43. The number of aromatic nitrogens is 2. The summed E-state index contributed by atoms with van der Waals surface area (Å²) < 4.78 is 2.26. The van der Waals surface area contributed by atoms with Crippen molar-refractivity contribution in [1.29, 1.82) is 0 Å². The number of aryl methyl sites for hydroxylation is 1. The van der Waals surface area contributed by atoms with Gasteiger partial charge in [0.25, 0.3) is 0 Å². The van der Waals surface area contributed by atoms with Crippen molar-refractivity contribution in [3.63, 3.8) is 0 Å². The number of pyridine rings is 1. The Morgan fingerprint density at radius 2 is 2.17 bits per heavy atom. The molecule has 2 aromatic heterocycles. The molecule has 0 bridgehead atoms. The number of hydrogen-bond acceptors (Lipinski definition) is 3. The van der Waals surface area contributed by atoms with Gasteiger partial charge in [0.15, 0.2) is 0 Å². The second-order valence-electron chi connectivity index (χ2n) is 5.46. The predicted molar refractivity (Wildman–Crippen MR) is 72.8 cm³/mol. The zero-order valence-electron chi connectivity index (χ0n) is 11.0. The smallest absolute Gasteiger partial charge is 0.137 e. The van der Waals surface area contributed by atoms with Gasteiger partial charge in [-0.25, -0.2) is 4.98 Å². The standard InChI is InChI=1S/C14H20N4/c1-10-4-3-5-14-16-7-13(18(10)14)11-6-12(15)9-17(2)8-11/h3-5,7,11-12H,6,8-9,15H2,1-2H3. The van der Waals surface area contributed by atoms with Gasteiger partial charge in [-0.2, -0.15) is 0 Å². The average molecular weight is 244 g/mol. The van der Waals surface area contributed by atoms with Crippen LogP contribution in [0, 0.1) is 6.92 Å².